The maximum atomic E-state index is 11.0. The van der Waals surface area contributed by atoms with Gasteiger partial charge in [0.15, 0.2) is 0 Å². The average Bonchev–Trinajstić information content (AvgIpc) is 2.46. The third-order valence-electron chi connectivity index (χ3n) is 3.09. The first-order valence-corrected chi connectivity index (χ1v) is 7.15. The molecule has 1 N–H and O–H groups in total. The van der Waals surface area contributed by atoms with Crippen molar-refractivity contribution in [2.75, 3.05) is 5.32 Å². The normalized spacial score (nSPS) is 10.3. The molecular weight excluding hydrogens is 320 g/mol. The number of nitro benzene ring substituents is 1. The van der Waals surface area contributed by atoms with Crippen LogP contribution in [0, 0.1) is 10.1 Å². The van der Waals surface area contributed by atoms with Crippen LogP contribution < -0.4 is 5.32 Å². The van der Waals surface area contributed by atoms with Gasteiger partial charge in [-0.05, 0) is 36.2 Å². The molecule has 0 saturated heterocycles. The van der Waals surface area contributed by atoms with E-state index in [1.54, 1.807) is 6.07 Å². The van der Waals surface area contributed by atoms with E-state index in [0.717, 1.165) is 12.1 Å². The quantitative estimate of drug-likeness (QED) is 0.645. The standard InChI is InChI=1S/C15H15BrN2O2/c1-2-11-3-7-14(8-4-11)17-10-12-5-6-13(16)9-15(12)18(19)20/h3-9,17H,2,10H2,1H3. The summed E-state index contributed by atoms with van der Waals surface area (Å²) in [6.07, 6.45) is 0.998. The maximum absolute atomic E-state index is 11.0. The van der Waals surface area contributed by atoms with Gasteiger partial charge in [-0.3, -0.25) is 10.1 Å². The number of rotatable bonds is 5. The number of aryl methyl sites for hydroxylation is 1. The summed E-state index contributed by atoms with van der Waals surface area (Å²) in [4.78, 5) is 10.7. The Hall–Kier alpha value is -1.88. The predicted molar refractivity (Wildman–Crippen MR) is 83.9 cm³/mol. The van der Waals surface area contributed by atoms with E-state index in [2.05, 4.69) is 40.3 Å². The highest BCUT2D eigenvalue weighted by molar-refractivity contribution is 9.10. The molecular formula is C15H15BrN2O2. The Morgan fingerprint density at radius 2 is 1.90 bits per heavy atom. The summed E-state index contributed by atoms with van der Waals surface area (Å²) in [6, 6.07) is 13.2. The SMILES string of the molecule is CCc1ccc(NCc2ccc(Br)cc2[N+](=O)[O-])cc1. The molecule has 2 aromatic rings. The number of halogens is 1. The van der Waals surface area contributed by atoms with Crippen molar-refractivity contribution in [1.29, 1.82) is 0 Å². The molecule has 2 rings (SSSR count). The molecule has 0 saturated carbocycles. The molecule has 104 valence electrons. The Morgan fingerprint density at radius 1 is 1.20 bits per heavy atom. The van der Waals surface area contributed by atoms with E-state index < -0.39 is 0 Å². The van der Waals surface area contributed by atoms with Gasteiger partial charge in [-0.1, -0.05) is 35.0 Å². The Kier molecular flexibility index (Phi) is 4.74. The smallest absolute Gasteiger partial charge is 0.275 e. The second-order valence-corrected chi connectivity index (χ2v) is 5.35. The highest BCUT2D eigenvalue weighted by atomic mass is 79.9. The molecule has 0 amide bonds. The monoisotopic (exact) mass is 334 g/mol. The van der Waals surface area contributed by atoms with Gasteiger partial charge in [0.2, 0.25) is 0 Å². The maximum Gasteiger partial charge on any atom is 0.275 e. The van der Waals surface area contributed by atoms with Gasteiger partial charge in [-0.25, -0.2) is 0 Å². The van der Waals surface area contributed by atoms with Crippen LogP contribution in [0.2, 0.25) is 0 Å². The van der Waals surface area contributed by atoms with Crippen LogP contribution in [-0.2, 0) is 13.0 Å². The van der Waals surface area contributed by atoms with Gasteiger partial charge >= 0.3 is 0 Å². The molecule has 20 heavy (non-hydrogen) atoms. The van der Waals surface area contributed by atoms with Crippen molar-refractivity contribution >= 4 is 27.3 Å². The summed E-state index contributed by atoms with van der Waals surface area (Å²) >= 11 is 3.25. The highest BCUT2D eigenvalue weighted by Crippen LogP contribution is 2.24. The number of hydrogen-bond donors (Lipinski definition) is 1. The van der Waals surface area contributed by atoms with E-state index in [-0.39, 0.29) is 10.6 Å². The van der Waals surface area contributed by atoms with E-state index in [0.29, 0.717) is 16.6 Å². The van der Waals surface area contributed by atoms with Crippen molar-refractivity contribution in [2.45, 2.75) is 19.9 Å². The van der Waals surface area contributed by atoms with E-state index in [1.165, 1.54) is 11.6 Å². The van der Waals surface area contributed by atoms with Gasteiger partial charge in [0, 0.05) is 28.3 Å². The minimum Gasteiger partial charge on any atom is -0.381 e. The number of benzene rings is 2. The van der Waals surface area contributed by atoms with Gasteiger partial charge in [0.25, 0.3) is 5.69 Å². The number of nitrogens with zero attached hydrogens (tertiary/aromatic N) is 1. The van der Waals surface area contributed by atoms with Crippen molar-refractivity contribution in [2.24, 2.45) is 0 Å². The first kappa shape index (κ1) is 14.5. The average molecular weight is 335 g/mol. The summed E-state index contributed by atoms with van der Waals surface area (Å²) in [5, 5.41) is 14.2. The molecule has 2 aromatic carbocycles. The molecule has 0 spiro atoms. The van der Waals surface area contributed by atoms with Crippen molar-refractivity contribution in [3.05, 3.63) is 68.2 Å². The molecule has 0 fully saturated rings. The number of anilines is 1. The second-order valence-electron chi connectivity index (χ2n) is 4.43. The molecule has 0 aromatic heterocycles. The minimum atomic E-state index is -0.359. The molecule has 0 bridgehead atoms. The second kappa shape index (κ2) is 6.52. The lowest BCUT2D eigenvalue weighted by molar-refractivity contribution is -0.385. The van der Waals surface area contributed by atoms with Crippen LogP contribution in [0.25, 0.3) is 0 Å². The van der Waals surface area contributed by atoms with Gasteiger partial charge < -0.3 is 5.32 Å². The molecule has 0 aliphatic rings. The van der Waals surface area contributed by atoms with Crippen LogP contribution in [0.4, 0.5) is 11.4 Å². The Labute approximate surface area is 126 Å². The summed E-state index contributed by atoms with van der Waals surface area (Å²) in [6.45, 7) is 2.53. The Bertz CT molecular complexity index is 612. The van der Waals surface area contributed by atoms with Gasteiger partial charge in [-0.15, -0.1) is 0 Å². The largest absolute Gasteiger partial charge is 0.381 e. The molecule has 0 aliphatic heterocycles. The topological polar surface area (TPSA) is 55.2 Å². The fraction of sp³-hybridized carbons (Fsp3) is 0.200. The Balaban J connectivity index is 2.12. The fourth-order valence-corrected chi connectivity index (χ4v) is 2.26. The lowest BCUT2D eigenvalue weighted by Gasteiger charge is -2.08. The molecule has 5 heteroatoms. The molecule has 0 unspecified atom stereocenters. The zero-order chi connectivity index (χ0) is 14.5. The lowest BCUT2D eigenvalue weighted by atomic mass is 10.1. The van der Waals surface area contributed by atoms with Crippen LogP contribution in [0.1, 0.15) is 18.1 Å². The van der Waals surface area contributed by atoms with Crippen LogP contribution >= 0.6 is 15.9 Å². The number of nitro groups is 1. The molecule has 0 radical (unpaired) electrons. The van der Waals surface area contributed by atoms with Crippen molar-refractivity contribution in [3.63, 3.8) is 0 Å². The minimum absolute atomic E-state index is 0.122. The fourth-order valence-electron chi connectivity index (χ4n) is 1.91. The summed E-state index contributed by atoms with van der Waals surface area (Å²) in [5.74, 6) is 0. The molecule has 0 atom stereocenters. The van der Waals surface area contributed by atoms with Gasteiger partial charge in [-0.2, -0.15) is 0 Å². The summed E-state index contributed by atoms with van der Waals surface area (Å²) in [7, 11) is 0. The third kappa shape index (κ3) is 3.57. The van der Waals surface area contributed by atoms with E-state index in [9.17, 15) is 10.1 Å². The zero-order valence-corrected chi connectivity index (χ0v) is 12.7. The van der Waals surface area contributed by atoms with Gasteiger partial charge in [0.1, 0.15) is 0 Å². The third-order valence-corrected chi connectivity index (χ3v) is 3.58. The van der Waals surface area contributed by atoms with E-state index >= 15 is 0 Å². The first-order valence-electron chi connectivity index (χ1n) is 6.35. The lowest BCUT2D eigenvalue weighted by Crippen LogP contribution is -2.03. The predicted octanol–water partition coefficient (Wildman–Crippen LogP) is 4.53. The molecule has 4 nitrogen and oxygen atoms in total. The van der Waals surface area contributed by atoms with E-state index in [4.69, 9.17) is 0 Å². The van der Waals surface area contributed by atoms with E-state index in [1.807, 2.05) is 18.2 Å². The zero-order valence-electron chi connectivity index (χ0n) is 11.1. The van der Waals surface area contributed by atoms with Crippen LogP contribution in [0.15, 0.2) is 46.9 Å². The van der Waals surface area contributed by atoms with Crippen LogP contribution in [0.5, 0.6) is 0 Å². The van der Waals surface area contributed by atoms with Crippen molar-refractivity contribution in [1.82, 2.24) is 0 Å². The molecule has 0 heterocycles. The summed E-state index contributed by atoms with van der Waals surface area (Å²) in [5.41, 5.74) is 3.01. The van der Waals surface area contributed by atoms with Crippen molar-refractivity contribution in [3.8, 4) is 0 Å². The Morgan fingerprint density at radius 3 is 2.50 bits per heavy atom. The highest BCUT2D eigenvalue weighted by Gasteiger charge is 2.13. The number of nitrogens with one attached hydrogen (secondary N) is 1. The summed E-state index contributed by atoms with van der Waals surface area (Å²) < 4.78 is 0.709. The van der Waals surface area contributed by atoms with Crippen LogP contribution in [-0.4, -0.2) is 4.92 Å². The number of hydrogen-bond acceptors (Lipinski definition) is 3. The first-order chi connectivity index (χ1) is 9.60. The molecule has 0 aliphatic carbocycles. The van der Waals surface area contributed by atoms with Crippen LogP contribution in [0.3, 0.4) is 0 Å². The van der Waals surface area contributed by atoms with Crippen molar-refractivity contribution < 1.29 is 4.92 Å². The van der Waals surface area contributed by atoms with Gasteiger partial charge in [0.05, 0.1) is 4.92 Å².